The third-order valence-corrected chi connectivity index (χ3v) is 5.42. The SMILES string of the molecule is COC(=O)C1=C(C(=O)OC)N(c2ccc([N+](=O)[O-])cc2C(C)=O)C(N)=C(C#N)C1c1ccccc1. The molecule has 1 aliphatic heterocycles. The van der Waals surface area contributed by atoms with E-state index in [0.717, 1.165) is 31.3 Å². The number of hydrogen-bond donors (Lipinski definition) is 1. The highest BCUT2D eigenvalue weighted by Crippen LogP contribution is 2.44. The molecule has 0 fully saturated rings. The van der Waals surface area contributed by atoms with Gasteiger partial charge >= 0.3 is 11.9 Å². The van der Waals surface area contributed by atoms with Gasteiger partial charge in [0.05, 0.1) is 48.0 Å². The number of methoxy groups -OCH3 is 2. The predicted octanol–water partition coefficient (Wildman–Crippen LogP) is 2.70. The Labute approximate surface area is 199 Å². The first-order valence-electron chi connectivity index (χ1n) is 10.1. The lowest BCUT2D eigenvalue weighted by Gasteiger charge is -2.36. The molecule has 35 heavy (non-hydrogen) atoms. The van der Waals surface area contributed by atoms with Crippen LogP contribution in [0.5, 0.6) is 0 Å². The Balaban J connectivity index is 2.48. The van der Waals surface area contributed by atoms with Gasteiger partial charge in [-0.05, 0) is 18.6 Å². The second-order valence-electron chi connectivity index (χ2n) is 7.35. The van der Waals surface area contributed by atoms with Crippen LogP contribution in [0.1, 0.15) is 28.8 Å². The molecule has 2 N–H and O–H groups in total. The molecule has 11 heteroatoms. The quantitative estimate of drug-likeness (QED) is 0.283. The van der Waals surface area contributed by atoms with Crippen LogP contribution >= 0.6 is 0 Å². The number of nitrogens with two attached hydrogens (primary N) is 1. The molecule has 2 aromatic rings. The van der Waals surface area contributed by atoms with Crippen molar-refractivity contribution < 1.29 is 28.8 Å². The number of esters is 2. The third-order valence-electron chi connectivity index (χ3n) is 5.42. The lowest BCUT2D eigenvalue weighted by molar-refractivity contribution is -0.384. The number of nitro benzene ring substituents is 1. The molecule has 1 atom stereocenters. The number of Topliss-reactive ketones (excluding diaryl/α,β-unsaturated/α-hetero) is 1. The van der Waals surface area contributed by atoms with Crippen molar-refractivity contribution in [1.29, 1.82) is 5.26 Å². The van der Waals surface area contributed by atoms with Crippen molar-refractivity contribution >= 4 is 29.1 Å². The van der Waals surface area contributed by atoms with Crippen molar-refractivity contribution in [2.24, 2.45) is 5.73 Å². The Hall–Kier alpha value is -4.98. The number of nitro groups is 1. The van der Waals surface area contributed by atoms with Gasteiger partial charge in [0, 0.05) is 17.7 Å². The lowest BCUT2D eigenvalue weighted by Crippen LogP contribution is -2.41. The minimum absolute atomic E-state index is 0.0540. The van der Waals surface area contributed by atoms with E-state index in [0.29, 0.717) is 5.56 Å². The standard InChI is InChI=1S/C24H20N4O7/c1-13(29)16-11-15(28(32)33)9-10-18(16)27-21(24(31)35-3)20(23(30)34-2)19(17(12-25)22(27)26)14-7-5-4-6-8-14/h4-11,19H,26H2,1-3H3. The van der Waals surface area contributed by atoms with Gasteiger partial charge in [-0.15, -0.1) is 0 Å². The molecule has 0 amide bonds. The third kappa shape index (κ3) is 4.32. The van der Waals surface area contributed by atoms with Crippen molar-refractivity contribution in [3.8, 4) is 6.07 Å². The zero-order chi connectivity index (χ0) is 25.9. The van der Waals surface area contributed by atoms with E-state index in [2.05, 4.69) is 0 Å². The molecule has 0 aliphatic carbocycles. The number of anilines is 1. The molecule has 1 aliphatic rings. The van der Waals surface area contributed by atoms with Crippen LogP contribution in [0.25, 0.3) is 0 Å². The number of nitriles is 1. The van der Waals surface area contributed by atoms with E-state index in [1.807, 2.05) is 6.07 Å². The summed E-state index contributed by atoms with van der Waals surface area (Å²) in [6.45, 7) is 1.17. The average molecular weight is 476 g/mol. The van der Waals surface area contributed by atoms with Crippen molar-refractivity contribution in [1.82, 2.24) is 0 Å². The number of allylic oxidation sites excluding steroid dienone is 1. The fourth-order valence-electron chi connectivity index (χ4n) is 3.88. The fourth-order valence-corrected chi connectivity index (χ4v) is 3.88. The maximum atomic E-state index is 13.1. The summed E-state index contributed by atoms with van der Waals surface area (Å²) < 4.78 is 9.88. The molecule has 0 aromatic heterocycles. The normalized spacial score (nSPS) is 15.4. The number of nitrogens with zero attached hydrogens (tertiary/aromatic N) is 3. The number of benzene rings is 2. The summed E-state index contributed by atoms with van der Waals surface area (Å²) in [5.74, 6) is -3.86. The van der Waals surface area contributed by atoms with Gasteiger partial charge < -0.3 is 15.2 Å². The Kier molecular flexibility index (Phi) is 6.96. The van der Waals surface area contributed by atoms with Crippen LogP contribution in [-0.2, 0) is 19.1 Å². The zero-order valence-corrected chi connectivity index (χ0v) is 19.0. The Morgan fingerprint density at radius 3 is 2.23 bits per heavy atom. The summed E-state index contributed by atoms with van der Waals surface area (Å²) in [5.41, 5.74) is 5.54. The Morgan fingerprint density at radius 1 is 1.09 bits per heavy atom. The van der Waals surface area contributed by atoms with E-state index < -0.39 is 28.6 Å². The molecular formula is C24H20N4O7. The number of rotatable bonds is 6. The highest BCUT2D eigenvalue weighted by atomic mass is 16.6. The number of ketones is 1. The second kappa shape index (κ2) is 9.88. The smallest absolute Gasteiger partial charge is 0.355 e. The first kappa shape index (κ1) is 24.7. The summed E-state index contributed by atoms with van der Waals surface area (Å²) in [6, 6.07) is 13.7. The van der Waals surface area contributed by atoms with Gasteiger partial charge in [-0.1, -0.05) is 30.3 Å². The molecule has 178 valence electrons. The van der Waals surface area contributed by atoms with Gasteiger partial charge in [0.2, 0.25) is 0 Å². The van der Waals surface area contributed by atoms with E-state index in [-0.39, 0.29) is 39.6 Å². The maximum Gasteiger partial charge on any atom is 0.355 e. The summed E-state index contributed by atoms with van der Waals surface area (Å²) in [7, 11) is 2.19. The molecule has 0 saturated carbocycles. The molecule has 1 unspecified atom stereocenters. The number of non-ortho nitro benzene ring substituents is 1. The monoisotopic (exact) mass is 476 g/mol. The number of ether oxygens (including phenoxy) is 2. The molecule has 0 radical (unpaired) electrons. The van der Waals surface area contributed by atoms with E-state index in [1.165, 1.54) is 13.0 Å². The van der Waals surface area contributed by atoms with E-state index >= 15 is 0 Å². The molecule has 0 spiro atoms. The summed E-state index contributed by atoms with van der Waals surface area (Å²) >= 11 is 0. The van der Waals surface area contributed by atoms with Crippen molar-refractivity contribution in [3.05, 3.63) is 92.4 Å². The highest BCUT2D eigenvalue weighted by Gasteiger charge is 2.43. The zero-order valence-electron chi connectivity index (χ0n) is 19.0. The second-order valence-corrected chi connectivity index (χ2v) is 7.35. The number of hydrogen-bond acceptors (Lipinski definition) is 10. The first-order chi connectivity index (χ1) is 16.7. The van der Waals surface area contributed by atoms with Crippen LogP contribution in [0.15, 0.2) is 71.2 Å². The van der Waals surface area contributed by atoms with Crippen LogP contribution < -0.4 is 10.6 Å². The molecule has 3 rings (SSSR count). The van der Waals surface area contributed by atoms with Crippen LogP contribution in [0.4, 0.5) is 11.4 Å². The average Bonchev–Trinajstić information content (AvgIpc) is 2.86. The fraction of sp³-hybridized carbons (Fsp3) is 0.167. The van der Waals surface area contributed by atoms with Gasteiger partial charge in [-0.3, -0.25) is 19.8 Å². The van der Waals surface area contributed by atoms with Gasteiger partial charge in [-0.25, -0.2) is 9.59 Å². The van der Waals surface area contributed by atoms with Crippen LogP contribution in [-0.4, -0.2) is 36.9 Å². The minimum atomic E-state index is -1.09. The van der Waals surface area contributed by atoms with Crippen LogP contribution in [0, 0.1) is 21.4 Å². The Morgan fingerprint density at radius 2 is 1.71 bits per heavy atom. The topological polar surface area (TPSA) is 166 Å². The van der Waals surface area contributed by atoms with Crippen LogP contribution in [0.2, 0.25) is 0 Å². The molecule has 0 bridgehead atoms. The largest absolute Gasteiger partial charge is 0.466 e. The summed E-state index contributed by atoms with van der Waals surface area (Å²) in [5, 5.41) is 21.3. The van der Waals surface area contributed by atoms with E-state index in [1.54, 1.807) is 30.3 Å². The maximum absolute atomic E-state index is 13.1. The van der Waals surface area contributed by atoms with Gasteiger partial charge in [-0.2, -0.15) is 5.26 Å². The molecule has 11 nitrogen and oxygen atoms in total. The molecule has 1 heterocycles. The summed E-state index contributed by atoms with van der Waals surface area (Å²) in [6.07, 6.45) is 0. The highest BCUT2D eigenvalue weighted by molar-refractivity contribution is 6.09. The van der Waals surface area contributed by atoms with Crippen molar-refractivity contribution in [2.75, 3.05) is 19.1 Å². The number of carbonyl (C=O) groups excluding carboxylic acids is 3. The van der Waals surface area contributed by atoms with Gasteiger partial charge in [0.1, 0.15) is 11.5 Å². The van der Waals surface area contributed by atoms with Gasteiger partial charge in [0.15, 0.2) is 5.78 Å². The van der Waals surface area contributed by atoms with Crippen LogP contribution in [0.3, 0.4) is 0 Å². The van der Waals surface area contributed by atoms with Crippen molar-refractivity contribution in [3.63, 3.8) is 0 Å². The number of carbonyl (C=O) groups is 3. The van der Waals surface area contributed by atoms with E-state index in [4.69, 9.17) is 15.2 Å². The predicted molar refractivity (Wildman–Crippen MR) is 123 cm³/mol. The molecular weight excluding hydrogens is 456 g/mol. The first-order valence-corrected chi connectivity index (χ1v) is 10.1. The molecule has 2 aromatic carbocycles. The van der Waals surface area contributed by atoms with E-state index in [9.17, 15) is 29.8 Å². The van der Waals surface area contributed by atoms with Crippen molar-refractivity contribution in [2.45, 2.75) is 12.8 Å². The van der Waals surface area contributed by atoms with Gasteiger partial charge in [0.25, 0.3) is 5.69 Å². The summed E-state index contributed by atoms with van der Waals surface area (Å²) in [4.78, 5) is 50.2. The lowest BCUT2D eigenvalue weighted by atomic mass is 9.80. The Bertz CT molecular complexity index is 1340. The molecule has 0 saturated heterocycles. The minimum Gasteiger partial charge on any atom is -0.466 e.